The molecule has 0 aromatic rings. The van der Waals surface area contributed by atoms with E-state index in [9.17, 15) is 4.79 Å². The van der Waals surface area contributed by atoms with E-state index in [0.717, 1.165) is 63.2 Å². The molecule has 9 unspecified atom stereocenters. The Balaban J connectivity index is 1.78. The van der Waals surface area contributed by atoms with Gasteiger partial charge in [0.2, 0.25) is 0 Å². The number of unbranched alkanes of at least 4 members (excludes halogenated alkanes) is 3. The first-order valence-corrected chi connectivity index (χ1v) is 19.1. The van der Waals surface area contributed by atoms with E-state index in [4.69, 9.17) is 14.9 Å². The molecule has 9 atom stereocenters. The molecule has 4 aliphatic carbocycles. The maximum Gasteiger partial charge on any atom is 0.192 e. The lowest BCUT2D eigenvalue weighted by molar-refractivity contribution is -0.267. The molecule has 4 fully saturated rings. The third-order valence-corrected chi connectivity index (χ3v) is 18.2. The lowest BCUT2D eigenvalue weighted by Crippen LogP contribution is -2.72. The van der Waals surface area contributed by atoms with Crippen LogP contribution in [0.4, 0.5) is 0 Å². The van der Waals surface area contributed by atoms with Gasteiger partial charge in [0, 0.05) is 29.3 Å². The molecule has 0 saturated heterocycles. The molecule has 4 nitrogen and oxygen atoms in total. The maximum atomic E-state index is 14.8. The molecule has 0 radical (unpaired) electrons. The predicted molar refractivity (Wildman–Crippen MR) is 165 cm³/mol. The van der Waals surface area contributed by atoms with Crippen LogP contribution >= 0.6 is 0 Å². The van der Waals surface area contributed by atoms with Gasteiger partial charge in [-0.05, 0) is 99.7 Å². The fraction of sp³-hybridized carbons (Fsp3) is 0.912. The minimum absolute atomic E-state index is 0.0208. The zero-order valence-corrected chi connectivity index (χ0v) is 27.7. The van der Waals surface area contributed by atoms with Crippen molar-refractivity contribution < 1.29 is 14.0 Å². The van der Waals surface area contributed by atoms with E-state index >= 15 is 0 Å². The van der Waals surface area contributed by atoms with Crippen LogP contribution in [-0.2, 0) is 14.0 Å². The fourth-order valence-corrected chi connectivity index (χ4v) is 14.0. The second kappa shape index (κ2) is 11.6. The number of hydrogen-bond donors (Lipinski definition) is 1. The van der Waals surface area contributed by atoms with E-state index in [1.165, 1.54) is 25.7 Å². The first-order chi connectivity index (χ1) is 18.5. The van der Waals surface area contributed by atoms with Crippen LogP contribution in [0.5, 0.6) is 0 Å². The molecule has 0 aromatic carbocycles. The molecule has 4 saturated carbocycles. The van der Waals surface area contributed by atoms with Gasteiger partial charge in [0.1, 0.15) is 5.78 Å². The number of allylic oxidation sites excluding steroid dienone is 2. The molecule has 0 heterocycles. The number of ketones is 1. The van der Waals surface area contributed by atoms with Gasteiger partial charge in [-0.2, -0.15) is 0 Å². The highest BCUT2D eigenvalue weighted by Gasteiger charge is 2.84. The van der Waals surface area contributed by atoms with Crippen molar-refractivity contribution in [2.24, 2.45) is 45.1 Å². The van der Waals surface area contributed by atoms with Crippen molar-refractivity contribution >= 4 is 14.1 Å². The molecule has 4 aliphatic rings. The lowest BCUT2D eigenvalue weighted by Gasteiger charge is -2.71. The van der Waals surface area contributed by atoms with Gasteiger partial charge in [-0.25, -0.2) is 0 Å². The van der Waals surface area contributed by atoms with E-state index in [2.05, 4.69) is 60.6 Å². The Morgan fingerprint density at radius 1 is 1.00 bits per heavy atom. The molecule has 0 aliphatic heterocycles. The number of methoxy groups -OCH3 is 1. The largest absolute Gasteiger partial charge is 0.413 e. The highest BCUT2D eigenvalue weighted by atomic mass is 28.4. The summed E-state index contributed by atoms with van der Waals surface area (Å²) in [6.45, 7) is 17.5. The number of Topliss-reactive ketones (excluding diaryl/α,β-unsaturated/α-hetero) is 1. The Bertz CT molecular complexity index is 895. The van der Waals surface area contributed by atoms with Gasteiger partial charge in [0.15, 0.2) is 8.32 Å². The van der Waals surface area contributed by atoms with Gasteiger partial charge < -0.3 is 14.9 Å². The summed E-state index contributed by atoms with van der Waals surface area (Å²) in [5, 5.41) is 0. The minimum Gasteiger partial charge on any atom is -0.413 e. The zero-order chi connectivity index (χ0) is 28.7. The first-order valence-electron chi connectivity index (χ1n) is 16.6. The van der Waals surface area contributed by atoms with Crippen molar-refractivity contribution in [2.45, 2.75) is 143 Å². The number of carbonyl (C=O) groups excluding carboxylic acids is 1. The first kappa shape index (κ1) is 31.4. The fourth-order valence-electron chi connectivity index (χ4n) is 11.1. The van der Waals surface area contributed by atoms with Gasteiger partial charge in [-0.1, -0.05) is 67.0 Å². The van der Waals surface area contributed by atoms with Gasteiger partial charge in [-0.15, -0.1) is 0 Å². The Hall–Kier alpha value is -0.493. The molecule has 2 N–H and O–H groups in total. The van der Waals surface area contributed by atoms with Gasteiger partial charge >= 0.3 is 0 Å². The summed E-state index contributed by atoms with van der Waals surface area (Å²) in [5.74, 6) is 1.81. The van der Waals surface area contributed by atoms with E-state index in [1.54, 1.807) is 0 Å². The summed E-state index contributed by atoms with van der Waals surface area (Å²) in [7, 11) is 0.0307. The highest BCUT2D eigenvalue weighted by molar-refractivity contribution is 6.73. The quantitative estimate of drug-likeness (QED) is 0.140. The van der Waals surface area contributed by atoms with E-state index in [-0.39, 0.29) is 34.4 Å². The lowest BCUT2D eigenvalue weighted by atomic mass is 9.33. The van der Waals surface area contributed by atoms with Gasteiger partial charge in [-0.3, -0.25) is 4.79 Å². The third kappa shape index (κ3) is 4.41. The Labute approximate surface area is 241 Å². The maximum absolute atomic E-state index is 14.8. The molecule has 5 heteroatoms. The average molecular weight is 560 g/mol. The van der Waals surface area contributed by atoms with Crippen LogP contribution < -0.4 is 5.73 Å². The van der Waals surface area contributed by atoms with Crippen molar-refractivity contribution in [1.82, 2.24) is 0 Å². The minimum atomic E-state index is -1.91. The van der Waals surface area contributed by atoms with E-state index in [0.29, 0.717) is 17.6 Å². The molecule has 4 rings (SSSR count). The van der Waals surface area contributed by atoms with Crippen LogP contribution in [0.1, 0.15) is 113 Å². The van der Waals surface area contributed by atoms with Gasteiger partial charge in [0.25, 0.3) is 0 Å². The number of nitrogens with two attached hydrogens (primary N) is 1. The monoisotopic (exact) mass is 559 g/mol. The predicted octanol–water partition coefficient (Wildman–Crippen LogP) is 8.31. The molecule has 0 aromatic heterocycles. The van der Waals surface area contributed by atoms with Crippen LogP contribution in [0.15, 0.2) is 12.2 Å². The topological polar surface area (TPSA) is 61.5 Å². The third-order valence-electron chi connectivity index (χ3n) is 13.5. The van der Waals surface area contributed by atoms with Gasteiger partial charge in [0.05, 0.1) is 12.2 Å². The molecule has 224 valence electrons. The van der Waals surface area contributed by atoms with Crippen LogP contribution in [0, 0.1) is 39.4 Å². The van der Waals surface area contributed by atoms with Crippen molar-refractivity contribution in [3.63, 3.8) is 0 Å². The average Bonchev–Trinajstić information content (AvgIpc) is 3.29. The smallest absolute Gasteiger partial charge is 0.192 e. The zero-order valence-electron chi connectivity index (χ0n) is 26.7. The second-order valence-corrected chi connectivity index (χ2v) is 19.3. The summed E-state index contributed by atoms with van der Waals surface area (Å²) in [4.78, 5) is 14.8. The van der Waals surface area contributed by atoms with Crippen molar-refractivity contribution in [2.75, 3.05) is 13.7 Å². The van der Waals surface area contributed by atoms with Crippen molar-refractivity contribution in [3.05, 3.63) is 12.2 Å². The molecular formula is C34H61NO3Si. The van der Waals surface area contributed by atoms with Crippen molar-refractivity contribution in [1.29, 1.82) is 0 Å². The summed E-state index contributed by atoms with van der Waals surface area (Å²) < 4.78 is 14.1. The van der Waals surface area contributed by atoms with Crippen LogP contribution in [0.2, 0.25) is 18.1 Å². The van der Waals surface area contributed by atoms with E-state index in [1.807, 2.05) is 7.11 Å². The Morgan fingerprint density at radius 2 is 1.69 bits per heavy atom. The summed E-state index contributed by atoms with van der Waals surface area (Å²) in [6, 6.07) is 3.46. The molecule has 0 amide bonds. The molecule has 39 heavy (non-hydrogen) atoms. The summed E-state index contributed by atoms with van der Waals surface area (Å²) >= 11 is 0. The standard InChI is InChI=1S/C34H61NO3Si/c1-9-39(10-2,11-3)38-29-24-31(6,19-16-14-12-13-15-17-21-35)30(36)26(5)33-20-18-28(37-8)34(33)27(23-33)22-25(4)32(29,34)7/h14,16,25-29H,9-13,15,17-24,35H2,1-8H3. The Morgan fingerprint density at radius 3 is 2.31 bits per heavy atom. The highest BCUT2D eigenvalue weighted by Crippen LogP contribution is 2.86. The Kier molecular flexibility index (Phi) is 9.39. The molecule has 1 spiro atoms. The molecule has 0 bridgehead atoms. The number of hydrogen-bond acceptors (Lipinski definition) is 4. The van der Waals surface area contributed by atoms with Crippen LogP contribution in [0.25, 0.3) is 0 Å². The van der Waals surface area contributed by atoms with Crippen molar-refractivity contribution in [3.8, 4) is 0 Å². The second-order valence-electron chi connectivity index (χ2n) is 14.6. The van der Waals surface area contributed by atoms with Crippen LogP contribution in [-0.4, -0.2) is 40.0 Å². The summed E-state index contributed by atoms with van der Waals surface area (Å²) in [6.07, 6.45) is 15.9. The number of ether oxygens (including phenoxy) is 1. The number of rotatable bonds is 13. The van der Waals surface area contributed by atoms with E-state index < -0.39 is 13.7 Å². The SMILES string of the molecule is CC[Si](CC)(CC)OC1CC(C)(CC=CCCCCCN)C(=O)C(C)C23CCC(OC)C24C(CC(C)C14C)C3. The number of carbonyl (C=O) groups is 1. The molecular weight excluding hydrogens is 498 g/mol. The summed E-state index contributed by atoms with van der Waals surface area (Å²) in [5.41, 5.74) is 5.42. The normalized spacial score (nSPS) is 43.7. The van der Waals surface area contributed by atoms with Crippen LogP contribution in [0.3, 0.4) is 0 Å².